The molecule has 1 N–H and O–H groups in total. The van der Waals surface area contributed by atoms with Crippen LogP contribution in [0.5, 0.6) is 0 Å². The molecule has 110 valence electrons. The number of hydrogen-bond donors (Lipinski definition) is 1. The molecule has 1 unspecified atom stereocenters. The van der Waals surface area contributed by atoms with Gasteiger partial charge in [-0.05, 0) is 51.2 Å². The maximum atomic E-state index is 12.2. The van der Waals surface area contributed by atoms with Gasteiger partial charge in [0.05, 0.1) is 11.5 Å². The molecular weight excluding hydrogens is 274 g/mol. The second-order valence-corrected chi connectivity index (χ2v) is 7.06. The average Bonchev–Trinajstić information content (AvgIpc) is 2.99. The van der Waals surface area contributed by atoms with Gasteiger partial charge < -0.3 is 14.8 Å². The van der Waals surface area contributed by atoms with Gasteiger partial charge in [-0.15, -0.1) is 11.3 Å². The fraction of sp³-hybridized carbons (Fsp3) is 0.667. The van der Waals surface area contributed by atoms with Crippen molar-refractivity contribution in [2.45, 2.75) is 51.4 Å². The van der Waals surface area contributed by atoms with Crippen molar-refractivity contribution in [2.75, 3.05) is 13.2 Å². The number of carbonyl (C=O) groups excluding carboxylic acids is 1. The first-order chi connectivity index (χ1) is 9.53. The van der Waals surface area contributed by atoms with E-state index in [1.165, 1.54) is 23.3 Å². The second-order valence-electron chi connectivity index (χ2n) is 5.93. The molecule has 3 rings (SSSR count). The highest BCUT2D eigenvalue weighted by Gasteiger charge is 2.32. The van der Waals surface area contributed by atoms with E-state index in [2.05, 4.69) is 11.4 Å². The van der Waals surface area contributed by atoms with E-state index >= 15 is 0 Å². The molecule has 0 spiro atoms. The second kappa shape index (κ2) is 5.47. The lowest BCUT2D eigenvalue weighted by molar-refractivity contribution is -0.137. The summed E-state index contributed by atoms with van der Waals surface area (Å²) in [5.74, 6) is -0.519. The lowest BCUT2D eigenvalue weighted by atomic mass is 9.99. The minimum atomic E-state index is -0.530. The Morgan fingerprint density at radius 1 is 1.45 bits per heavy atom. The van der Waals surface area contributed by atoms with Crippen LogP contribution >= 0.6 is 11.3 Å². The third-order valence-electron chi connectivity index (χ3n) is 3.78. The molecule has 20 heavy (non-hydrogen) atoms. The van der Waals surface area contributed by atoms with Crippen molar-refractivity contribution in [3.63, 3.8) is 0 Å². The molecule has 1 fully saturated rings. The number of thiophene rings is 1. The Morgan fingerprint density at radius 2 is 2.25 bits per heavy atom. The maximum Gasteiger partial charge on any atom is 0.261 e. The third kappa shape index (κ3) is 3.05. The van der Waals surface area contributed by atoms with E-state index in [0.717, 1.165) is 17.7 Å². The Balaban J connectivity index is 1.56. The summed E-state index contributed by atoms with van der Waals surface area (Å²) in [6, 6.07) is 2.06. The molecule has 0 bridgehead atoms. The van der Waals surface area contributed by atoms with Gasteiger partial charge in [0.15, 0.2) is 5.79 Å². The summed E-state index contributed by atoms with van der Waals surface area (Å²) in [5, 5.41) is 2.95. The molecule has 1 aliphatic carbocycles. The number of carbonyl (C=O) groups is 1. The minimum Gasteiger partial charge on any atom is -0.349 e. The third-order valence-corrected chi connectivity index (χ3v) is 5.01. The summed E-state index contributed by atoms with van der Waals surface area (Å²) >= 11 is 1.64. The van der Waals surface area contributed by atoms with Crippen LogP contribution in [0.25, 0.3) is 0 Å². The maximum absolute atomic E-state index is 12.2. The lowest BCUT2D eigenvalue weighted by Gasteiger charge is -2.17. The van der Waals surface area contributed by atoms with Gasteiger partial charge in [-0.2, -0.15) is 0 Å². The van der Waals surface area contributed by atoms with Crippen molar-refractivity contribution in [1.29, 1.82) is 0 Å². The first kappa shape index (κ1) is 14.0. The quantitative estimate of drug-likeness (QED) is 0.932. The van der Waals surface area contributed by atoms with Crippen LogP contribution in [0.1, 0.15) is 46.8 Å². The number of rotatable bonds is 3. The van der Waals surface area contributed by atoms with Crippen LogP contribution in [0.15, 0.2) is 6.07 Å². The number of fused-ring (bicyclic) bond motifs is 1. The van der Waals surface area contributed by atoms with E-state index < -0.39 is 5.79 Å². The SMILES string of the molecule is CC1(C)OCC(CNC(=O)c2cc3c(s2)CCCC3)O1. The molecule has 5 heteroatoms. The number of nitrogens with one attached hydrogen (secondary N) is 1. The minimum absolute atomic E-state index is 0.0118. The number of aryl methyl sites for hydroxylation is 2. The van der Waals surface area contributed by atoms with Crippen LogP contribution in [0.3, 0.4) is 0 Å². The standard InChI is InChI=1S/C15H21NO3S/c1-15(2)18-9-11(19-15)8-16-14(17)13-7-10-5-3-4-6-12(10)20-13/h7,11H,3-6,8-9H2,1-2H3,(H,16,17). The van der Waals surface area contributed by atoms with Crippen molar-refractivity contribution in [3.05, 3.63) is 21.4 Å². The summed E-state index contributed by atoms with van der Waals surface area (Å²) in [6.07, 6.45) is 4.68. The summed E-state index contributed by atoms with van der Waals surface area (Å²) in [7, 11) is 0. The molecule has 1 saturated heterocycles. The van der Waals surface area contributed by atoms with Gasteiger partial charge in [-0.1, -0.05) is 0 Å². The van der Waals surface area contributed by atoms with Crippen molar-refractivity contribution < 1.29 is 14.3 Å². The number of hydrogen-bond acceptors (Lipinski definition) is 4. The zero-order chi connectivity index (χ0) is 14.2. The zero-order valence-corrected chi connectivity index (χ0v) is 12.8. The summed E-state index contributed by atoms with van der Waals surface area (Å²) in [6.45, 7) is 4.82. The van der Waals surface area contributed by atoms with Crippen LogP contribution in [0, 0.1) is 0 Å². The van der Waals surface area contributed by atoms with Crippen molar-refractivity contribution in [2.24, 2.45) is 0 Å². The molecule has 1 atom stereocenters. The molecule has 1 aromatic heterocycles. The highest BCUT2D eigenvalue weighted by atomic mass is 32.1. The van der Waals surface area contributed by atoms with Gasteiger partial charge >= 0.3 is 0 Å². The van der Waals surface area contributed by atoms with Crippen molar-refractivity contribution in [1.82, 2.24) is 5.32 Å². The Hall–Kier alpha value is -0.910. The molecule has 4 nitrogen and oxygen atoms in total. The molecule has 0 saturated carbocycles. The van der Waals surface area contributed by atoms with E-state index in [4.69, 9.17) is 9.47 Å². The first-order valence-electron chi connectivity index (χ1n) is 7.25. The normalized spacial score (nSPS) is 24.4. The van der Waals surface area contributed by atoms with Crippen LogP contribution in [0.4, 0.5) is 0 Å². The highest BCUT2D eigenvalue weighted by Crippen LogP contribution is 2.29. The van der Waals surface area contributed by atoms with Gasteiger partial charge in [0.1, 0.15) is 6.10 Å². The summed E-state index contributed by atoms with van der Waals surface area (Å²) in [4.78, 5) is 14.4. The van der Waals surface area contributed by atoms with E-state index in [-0.39, 0.29) is 12.0 Å². The van der Waals surface area contributed by atoms with Gasteiger partial charge in [-0.25, -0.2) is 0 Å². The van der Waals surface area contributed by atoms with Gasteiger partial charge in [-0.3, -0.25) is 4.79 Å². The van der Waals surface area contributed by atoms with Gasteiger partial charge in [0.2, 0.25) is 0 Å². The van der Waals surface area contributed by atoms with E-state index in [9.17, 15) is 4.79 Å². The van der Waals surface area contributed by atoms with Crippen LogP contribution in [-0.2, 0) is 22.3 Å². The van der Waals surface area contributed by atoms with Crippen molar-refractivity contribution in [3.8, 4) is 0 Å². The smallest absolute Gasteiger partial charge is 0.261 e. The highest BCUT2D eigenvalue weighted by molar-refractivity contribution is 7.14. The number of amides is 1. The molecule has 1 aromatic rings. The molecular formula is C15H21NO3S. The Kier molecular flexibility index (Phi) is 3.84. The molecule has 2 aliphatic rings. The average molecular weight is 295 g/mol. The van der Waals surface area contributed by atoms with E-state index in [1.54, 1.807) is 11.3 Å². The Morgan fingerprint density at radius 3 is 2.95 bits per heavy atom. The Bertz CT molecular complexity index is 486. The predicted molar refractivity (Wildman–Crippen MR) is 78.2 cm³/mol. The monoisotopic (exact) mass is 295 g/mol. The molecule has 0 aromatic carbocycles. The fourth-order valence-electron chi connectivity index (χ4n) is 2.76. The molecule has 0 radical (unpaired) electrons. The zero-order valence-electron chi connectivity index (χ0n) is 12.0. The van der Waals surface area contributed by atoms with E-state index in [1.807, 2.05) is 13.8 Å². The largest absolute Gasteiger partial charge is 0.349 e. The first-order valence-corrected chi connectivity index (χ1v) is 8.07. The van der Waals surface area contributed by atoms with Gasteiger partial charge in [0, 0.05) is 11.4 Å². The summed E-state index contributed by atoms with van der Waals surface area (Å²) < 4.78 is 11.2. The lowest BCUT2D eigenvalue weighted by Crippen LogP contribution is -2.34. The fourth-order valence-corrected chi connectivity index (χ4v) is 3.93. The van der Waals surface area contributed by atoms with Crippen LogP contribution in [-0.4, -0.2) is 30.9 Å². The van der Waals surface area contributed by atoms with Crippen molar-refractivity contribution >= 4 is 17.2 Å². The molecule has 1 amide bonds. The van der Waals surface area contributed by atoms with Gasteiger partial charge in [0.25, 0.3) is 5.91 Å². The Labute approximate surface area is 123 Å². The topological polar surface area (TPSA) is 47.6 Å². The summed E-state index contributed by atoms with van der Waals surface area (Å²) in [5.41, 5.74) is 1.37. The predicted octanol–water partition coefficient (Wildman–Crippen LogP) is 2.51. The van der Waals surface area contributed by atoms with Crippen LogP contribution < -0.4 is 5.32 Å². The molecule has 2 heterocycles. The van der Waals surface area contributed by atoms with Crippen LogP contribution in [0.2, 0.25) is 0 Å². The van der Waals surface area contributed by atoms with E-state index in [0.29, 0.717) is 13.2 Å². The molecule has 1 aliphatic heterocycles. The number of ether oxygens (including phenoxy) is 2.